The number of nitrogens with one attached hydrogen (secondary N) is 1. The minimum absolute atomic E-state index is 0.00391. The molecule has 0 aliphatic heterocycles. The van der Waals surface area contributed by atoms with Gasteiger partial charge >= 0.3 is 0 Å². The Morgan fingerprint density at radius 1 is 1.13 bits per heavy atom. The first-order chi connectivity index (χ1) is 15.0. The van der Waals surface area contributed by atoms with Gasteiger partial charge in [0, 0.05) is 21.6 Å². The number of ether oxygens (including phenoxy) is 1. The van der Waals surface area contributed by atoms with Gasteiger partial charge in [-0.05, 0) is 66.1 Å². The summed E-state index contributed by atoms with van der Waals surface area (Å²) in [7, 11) is 0. The number of hydrogen-bond acceptors (Lipinski definition) is 3. The van der Waals surface area contributed by atoms with Crippen molar-refractivity contribution in [3.8, 4) is 11.8 Å². The molecule has 3 aromatic carbocycles. The van der Waals surface area contributed by atoms with Gasteiger partial charge in [0.15, 0.2) is 0 Å². The molecule has 0 unspecified atom stereocenters. The number of nitriles is 1. The van der Waals surface area contributed by atoms with Gasteiger partial charge < -0.3 is 10.1 Å². The molecule has 1 amide bonds. The topological polar surface area (TPSA) is 62.1 Å². The summed E-state index contributed by atoms with van der Waals surface area (Å²) in [6.07, 6.45) is 2.17. The second-order valence-corrected chi connectivity index (χ2v) is 8.02. The molecular formula is C25H20BrClN2O2. The van der Waals surface area contributed by atoms with Crippen molar-refractivity contribution in [3.05, 3.63) is 98.5 Å². The minimum Gasteiger partial charge on any atom is -0.494 e. The maximum Gasteiger partial charge on any atom is 0.266 e. The van der Waals surface area contributed by atoms with Crippen LogP contribution < -0.4 is 10.1 Å². The van der Waals surface area contributed by atoms with Gasteiger partial charge in [-0.15, -0.1) is 0 Å². The lowest BCUT2D eigenvalue weighted by atomic mass is 10.0. The first-order valence-electron chi connectivity index (χ1n) is 9.68. The predicted octanol–water partition coefficient (Wildman–Crippen LogP) is 6.64. The number of halogens is 2. The van der Waals surface area contributed by atoms with Gasteiger partial charge in [0.05, 0.1) is 6.61 Å². The molecule has 0 fully saturated rings. The summed E-state index contributed by atoms with van der Waals surface area (Å²) >= 11 is 9.65. The molecular weight excluding hydrogens is 476 g/mol. The second-order valence-electron chi connectivity index (χ2n) is 6.70. The monoisotopic (exact) mass is 494 g/mol. The van der Waals surface area contributed by atoms with Crippen molar-refractivity contribution in [2.75, 3.05) is 11.9 Å². The largest absolute Gasteiger partial charge is 0.494 e. The number of amides is 1. The Balaban J connectivity index is 1.85. The molecule has 3 rings (SSSR count). The molecule has 0 aliphatic rings. The van der Waals surface area contributed by atoms with Crippen LogP contribution in [-0.4, -0.2) is 12.5 Å². The lowest BCUT2D eigenvalue weighted by Gasteiger charge is -2.12. The normalized spacial score (nSPS) is 11.0. The average molecular weight is 496 g/mol. The molecule has 156 valence electrons. The van der Waals surface area contributed by atoms with Crippen LogP contribution in [0, 0.1) is 11.3 Å². The quantitative estimate of drug-likeness (QED) is 0.295. The maximum atomic E-state index is 12.5. The van der Waals surface area contributed by atoms with E-state index in [4.69, 9.17) is 16.3 Å². The van der Waals surface area contributed by atoms with Gasteiger partial charge in [0.25, 0.3) is 5.91 Å². The minimum atomic E-state index is -0.470. The molecule has 1 N–H and O–H groups in total. The van der Waals surface area contributed by atoms with Gasteiger partial charge in [0.2, 0.25) is 0 Å². The highest BCUT2D eigenvalue weighted by Crippen LogP contribution is 2.27. The summed E-state index contributed by atoms with van der Waals surface area (Å²) in [6.45, 7) is 2.41. The van der Waals surface area contributed by atoms with Crippen molar-refractivity contribution < 1.29 is 9.53 Å². The van der Waals surface area contributed by atoms with Crippen molar-refractivity contribution in [2.45, 2.75) is 13.3 Å². The smallest absolute Gasteiger partial charge is 0.266 e. The Hall–Kier alpha value is -3.07. The van der Waals surface area contributed by atoms with Crippen LogP contribution in [0.25, 0.3) is 6.08 Å². The zero-order valence-corrected chi connectivity index (χ0v) is 19.2. The highest BCUT2D eigenvalue weighted by molar-refractivity contribution is 9.10. The van der Waals surface area contributed by atoms with Gasteiger partial charge in [-0.2, -0.15) is 5.26 Å². The molecule has 3 aromatic rings. The molecule has 0 radical (unpaired) electrons. The van der Waals surface area contributed by atoms with Gasteiger partial charge in [0.1, 0.15) is 17.4 Å². The Labute approximate surface area is 195 Å². The fraction of sp³-hybridized carbons (Fsp3) is 0.120. The van der Waals surface area contributed by atoms with Crippen LogP contribution in [0.5, 0.6) is 5.75 Å². The van der Waals surface area contributed by atoms with E-state index < -0.39 is 5.91 Å². The molecule has 0 aromatic heterocycles. The van der Waals surface area contributed by atoms with E-state index >= 15 is 0 Å². The van der Waals surface area contributed by atoms with E-state index in [1.807, 2.05) is 67.6 Å². The number of nitrogens with zero attached hydrogens (tertiary/aromatic N) is 1. The number of benzene rings is 3. The maximum absolute atomic E-state index is 12.5. The van der Waals surface area contributed by atoms with Gasteiger partial charge in [-0.25, -0.2) is 0 Å². The van der Waals surface area contributed by atoms with Crippen LogP contribution in [0.2, 0.25) is 5.02 Å². The molecule has 0 heterocycles. The summed E-state index contributed by atoms with van der Waals surface area (Å²) < 4.78 is 6.72. The summed E-state index contributed by atoms with van der Waals surface area (Å²) in [4.78, 5) is 12.5. The van der Waals surface area contributed by atoms with E-state index in [2.05, 4.69) is 21.2 Å². The zero-order valence-electron chi connectivity index (χ0n) is 16.9. The predicted molar refractivity (Wildman–Crippen MR) is 128 cm³/mol. The third-order valence-corrected chi connectivity index (χ3v) is 5.41. The molecule has 0 saturated carbocycles. The van der Waals surface area contributed by atoms with E-state index in [-0.39, 0.29) is 5.57 Å². The van der Waals surface area contributed by atoms with E-state index in [9.17, 15) is 10.1 Å². The fourth-order valence-electron chi connectivity index (χ4n) is 2.99. The molecule has 4 nitrogen and oxygen atoms in total. The molecule has 31 heavy (non-hydrogen) atoms. The first kappa shape index (κ1) is 22.6. The van der Waals surface area contributed by atoms with Crippen LogP contribution >= 0.6 is 27.5 Å². The summed E-state index contributed by atoms with van der Waals surface area (Å²) in [5.41, 5.74) is 3.29. The van der Waals surface area contributed by atoms with Crippen molar-refractivity contribution in [1.29, 1.82) is 5.26 Å². The van der Waals surface area contributed by atoms with Crippen LogP contribution in [-0.2, 0) is 11.2 Å². The van der Waals surface area contributed by atoms with Gasteiger partial charge in [-0.1, -0.05) is 57.9 Å². The van der Waals surface area contributed by atoms with Crippen LogP contribution in [0.4, 0.5) is 5.69 Å². The van der Waals surface area contributed by atoms with Crippen LogP contribution in [0.3, 0.4) is 0 Å². The van der Waals surface area contributed by atoms with Crippen molar-refractivity contribution in [3.63, 3.8) is 0 Å². The molecule has 0 spiro atoms. The lowest BCUT2D eigenvalue weighted by Crippen LogP contribution is -2.13. The lowest BCUT2D eigenvalue weighted by molar-refractivity contribution is -0.112. The van der Waals surface area contributed by atoms with Crippen molar-refractivity contribution in [2.24, 2.45) is 0 Å². The van der Waals surface area contributed by atoms with E-state index in [1.54, 1.807) is 18.2 Å². The Morgan fingerprint density at radius 2 is 1.87 bits per heavy atom. The highest BCUT2D eigenvalue weighted by atomic mass is 79.9. The number of carbonyl (C=O) groups is 1. The Bertz CT molecular complexity index is 1150. The second kappa shape index (κ2) is 10.8. The fourth-order valence-corrected chi connectivity index (χ4v) is 3.46. The van der Waals surface area contributed by atoms with E-state index in [0.717, 1.165) is 15.6 Å². The molecule has 0 bridgehead atoms. The first-order valence-corrected chi connectivity index (χ1v) is 10.8. The number of hydrogen-bond donors (Lipinski definition) is 1. The molecule has 0 saturated heterocycles. The summed E-state index contributed by atoms with van der Waals surface area (Å²) in [6, 6.07) is 22.4. The average Bonchev–Trinajstić information content (AvgIpc) is 2.77. The van der Waals surface area contributed by atoms with E-state index in [0.29, 0.717) is 35.1 Å². The number of carbonyl (C=O) groups excluding carboxylic acids is 1. The molecule has 0 aliphatic carbocycles. The highest BCUT2D eigenvalue weighted by Gasteiger charge is 2.12. The van der Waals surface area contributed by atoms with Crippen molar-refractivity contribution >= 4 is 45.2 Å². The third-order valence-electron chi connectivity index (χ3n) is 4.51. The SMILES string of the molecule is CCOc1cc(/C=C(\C#N)C(=O)Nc2ccc(Br)cc2)ccc1Cc1ccccc1Cl. The number of anilines is 1. The molecule has 6 heteroatoms. The number of rotatable bonds is 7. The third kappa shape index (κ3) is 6.21. The van der Waals surface area contributed by atoms with Gasteiger partial charge in [-0.3, -0.25) is 4.79 Å². The van der Waals surface area contributed by atoms with Crippen molar-refractivity contribution in [1.82, 2.24) is 0 Å². The Kier molecular flexibility index (Phi) is 7.88. The zero-order chi connectivity index (χ0) is 22.2. The molecule has 0 atom stereocenters. The van der Waals surface area contributed by atoms with E-state index in [1.165, 1.54) is 0 Å². The Morgan fingerprint density at radius 3 is 2.55 bits per heavy atom. The standard InChI is InChI=1S/C25H20BrClN2O2/c1-2-31-24-14-17(7-8-19(24)15-18-5-3-4-6-23(18)27)13-20(16-28)25(30)29-22-11-9-21(26)10-12-22/h3-14H,2,15H2,1H3,(H,29,30)/b20-13+. The summed E-state index contributed by atoms with van der Waals surface area (Å²) in [5.74, 6) is 0.227. The van der Waals surface area contributed by atoms with Crippen LogP contribution in [0.15, 0.2) is 76.8 Å². The van der Waals surface area contributed by atoms with Crippen LogP contribution in [0.1, 0.15) is 23.6 Å². The summed E-state index contributed by atoms with van der Waals surface area (Å²) in [5, 5.41) is 12.9.